The van der Waals surface area contributed by atoms with Gasteiger partial charge in [0, 0.05) is 65.1 Å². The van der Waals surface area contributed by atoms with Gasteiger partial charge in [-0.15, -0.1) is 13.2 Å². The molecule has 6 saturated heterocycles. The van der Waals surface area contributed by atoms with Crippen LogP contribution in [0.2, 0.25) is 0 Å². The summed E-state index contributed by atoms with van der Waals surface area (Å²) in [6.45, 7) is 12.1. The molecule has 14 heteroatoms. The number of fused-ring (bicyclic) bond motifs is 8. The number of aromatic nitrogens is 2. The largest absolute Gasteiger partial charge is 0.497 e. The second-order valence-electron chi connectivity index (χ2n) is 14.4. The zero-order valence-corrected chi connectivity index (χ0v) is 32.4. The van der Waals surface area contributed by atoms with Crippen LogP contribution in [0.25, 0.3) is 21.8 Å². The van der Waals surface area contributed by atoms with Gasteiger partial charge in [-0.3, -0.25) is 28.9 Å². The standard InChI is InChI=1S/2C20H24N2O2.Co.H2O4S/c2*1-3-13-12-22-9-7-14(13)10-19(22)20(23)16-6-8-21-18-5-4-15(24-2)11-17(16)18;;1-5(2,3)4/h2*3-6,8,11,13-14,19-20,23H,1,7,9-10,12H2,2H3;;(H2,1,2,3,4)/t2*13-,14-,19-,20+;;/m00../s1. The Morgan fingerprint density at radius 2 is 1.13 bits per heavy atom. The van der Waals surface area contributed by atoms with E-state index in [4.69, 9.17) is 27.0 Å². The molecule has 54 heavy (non-hydrogen) atoms. The van der Waals surface area contributed by atoms with Gasteiger partial charge in [-0.25, -0.2) is 0 Å². The smallest absolute Gasteiger partial charge is 0.394 e. The zero-order chi connectivity index (χ0) is 37.9. The van der Waals surface area contributed by atoms with Crippen molar-refractivity contribution >= 4 is 32.2 Å². The van der Waals surface area contributed by atoms with Crippen LogP contribution < -0.4 is 9.47 Å². The van der Waals surface area contributed by atoms with Crippen molar-refractivity contribution in [2.45, 2.75) is 50.0 Å². The zero-order valence-electron chi connectivity index (χ0n) is 30.6. The van der Waals surface area contributed by atoms with E-state index in [1.807, 2.05) is 48.5 Å². The molecule has 0 spiro atoms. The van der Waals surface area contributed by atoms with E-state index in [9.17, 15) is 10.2 Å². The Labute approximate surface area is 327 Å². The van der Waals surface area contributed by atoms with Crippen LogP contribution in [0, 0.1) is 23.7 Å². The van der Waals surface area contributed by atoms with Gasteiger partial charge in [-0.1, -0.05) is 12.2 Å². The maximum atomic E-state index is 11.2. The molecule has 4 aromatic rings. The fraction of sp³-hybridized carbons (Fsp3) is 0.450. The van der Waals surface area contributed by atoms with Crippen LogP contribution in [0.3, 0.4) is 0 Å². The summed E-state index contributed by atoms with van der Waals surface area (Å²) in [5, 5.41) is 24.3. The molecular formula is C40H50CoN4O8S. The first kappa shape index (κ1) is 41.7. The summed E-state index contributed by atoms with van der Waals surface area (Å²) < 4.78 is 42.3. The molecule has 12 nitrogen and oxygen atoms in total. The normalized spacial score (nSPS) is 28.0. The number of piperidine rings is 6. The molecule has 6 aliphatic heterocycles. The van der Waals surface area contributed by atoms with Crippen molar-refractivity contribution in [1.29, 1.82) is 0 Å². The van der Waals surface area contributed by atoms with Gasteiger partial charge < -0.3 is 19.7 Å². The van der Waals surface area contributed by atoms with Crippen molar-refractivity contribution < 1.29 is 54.0 Å². The molecule has 8 heterocycles. The first-order valence-electron chi connectivity index (χ1n) is 18.1. The number of hydrogen-bond donors (Lipinski definition) is 4. The molecule has 6 aliphatic rings. The average molecular weight is 806 g/mol. The molecule has 0 saturated carbocycles. The number of rotatable bonds is 8. The maximum Gasteiger partial charge on any atom is 0.394 e. The Bertz CT molecular complexity index is 1900. The van der Waals surface area contributed by atoms with Gasteiger partial charge in [0.2, 0.25) is 0 Å². The third-order valence-corrected chi connectivity index (χ3v) is 11.6. The Kier molecular flexibility index (Phi) is 13.9. The van der Waals surface area contributed by atoms with Crippen molar-refractivity contribution in [2.24, 2.45) is 23.7 Å². The van der Waals surface area contributed by atoms with Gasteiger partial charge in [-0.2, -0.15) is 8.42 Å². The van der Waals surface area contributed by atoms with Gasteiger partial charge in [0.15, 0.2) is 0 Å². The molecule has 10 atom stereocenters. The monoisotopic (exact) mass is 805 g/mol. The summed E-state index contributed by atoms with van der Waals surface area (Å²) in [5.74, 6) is 4.01. The molecule has 2 unspecified atom stereocenters. The minimum absolute atomic E-state index is 0. The number of nitrogens with zero attached hydrogens (tertiary/aromatic N) is 4. The summed E-state index contributed by atoms with van der Waals surface area (Å²) in [6.07, 6.45) is 11.2. The summed E-state index contributed by atoms with van der Waals surface area (Å²) >= 11 is 0. The van der Waals surface area contributed by atoms with Crippen molar-refractivity contribution in [1.82, 2.24) is 19.8 Å². The second kappa shape index (κ2) is 18.0. The molecule has 0 aliphatic carbocycles. The minimum atomic E-state index is -4.67. The summed E-state index contributed by atoms with van der Waals surface area (Å²) in [7, 11) is -1.34. The van der Waals surface area contributed by atoms with E-state index >= 15 is 0 Å². The van der Waals surface area contributed by atoms with Crippen LogP contribution in [0.1, 0.15) is 49.0 Å². The SMILES string of the molecule is C=C[C@H]1CN2CC[C@H]1C[C@H]2[C@H](O)c1ccnc2ccc(OC)cc12.C=C[C@H]1CN2CC[C@H]1C[C@H]2[C@H](O)c1ccnc2ccc(OC)cc12.O=S(=O)(O)O.[Co]. The predicted molar refractivity (Wildman–Crippen MR) is 204 cm³/mol. The Balaban J connectivity index is 0.000000182. The summed E-state index contributed by atoms with van der Waals surface area (Å²) in [4.78, 5) is 13.7. The van der Waals surface area contributed by atoms with Crippen molar-refractivity contribution in [3.63, 3.8) is 0 Å². The fourth-order valence-corrected chi connectivity index (χ4v) is 8.89. The fourth-order valence-electron chi connectivity index (χ4n) is 8.89. The number of benzene rings is 2. The number of aliphatic hydroxyl groups is 2. The van der Waals surface area contributed by atoms with E-state index in [0.717, 1.165) is 83.5 Å². The average Bonchev–Trinajstić information content (AvgIpc) is 3.19. The second-order valence-corrected chi connectivity index (χ2v) is 15.3. The van der Waals surface area contributed by atoms with Crippen molar-refractivity contribution in [3.8, 4) is 11.5 Å². The van der Waals surface area contributed by atoms with Gasteiger partial charge in [0.25, 0.3) is 0 Å². The van der Waals surface area contributed by atoms with Crippen LogP contribution in [0.5, 0.6) is 11.5 Å². The quantitative estimate of drug-likeness (QED) is 0.127. The molecule has 10 rings (SSSR count). The first-order chi connectivity index (χ1) is 25.4. The molecule has 4 bridgehead atoms. The van der Waals surface area contributed by atoms with Gasteiger partial charge >= 0.3 is 10.4 Å². The molecule has 2 aromatic carbocycles. The van der Waals surface area contributed by atoms with Gasteiger partial charge in [-0.05, 0) is 122 Å². The predicted octanol–water partition coefficient (Wildman–Crippen LogP) is 5.69. The summed E-state index contributed by atoms with van der Waals surface area (Å²) in [5.41, 5.74) is 3.69. The van der Waals surface area contributed by atoms with Crippen LogP contribution in [0.15, 0.2) is 86.2 Å². The molecule has 293 valence electrons. The Hall–Kier alpha value is -3.44. The van der Waals surface area contributed by atoms with Crippen molar-refractivity contribution in [3.05, 3.63) is 97.4 Å². The van der Waals surface area contributed by atoms with E-state index in [2.05, 4.69) is 45.1 Å². The van der Waals surface area contributed by atoms with E-state index in [0.29, 0.717) is 23.7 Å². The number of pyridine rings is 2. The minimum Gasteiger partial charge on any atom is -0.497 e. The number of ether oxygens (including phenoxy) is 2. The van der Waals surface area contributed by atoms with E-state index in [-0.39, 0.29) is 28.9 Å². The maximum absolute atomic E-state index is 11.2. The van der Waals surface area contributed by atoms with Gasteiger partial charge in [0.1, 0.15) is 11.5 Å². The van der Waals surface area contributed by atoms with Crippen LogP contribution >= 0.6 is 0 Å². The number of aliphatic hydroxyl groups excluding tert-OH is 2. The third-order valence-electron chi connectivity index (χ3n) is 11.6. The van der Waals surface area contributed by atoms with E-state index in [1.165, 1.54) is 12.8 Å². The van der Waals surface area contributed by atoms with Gasteiger partial charge in [0.05, 0.1) is 37.5 Å². The number of hydrogen-bond acceptors (Lipinski definition) is 10. The summed E-state index contributed by atoms with van der Waals surface area (Å²) in [6, 6.07) is 15.9. The Morgan fingerprint density at radius 1 is 0.741 bits per heavy atom. The van der Waals surface area contributed by atoms with Crippen LogP contribution in [-0.4, -0.2) is 100.0 Å². The third kappa shape index (κ3) is 9.32. The molecular weight excluding hydrogens is 755 g/mol. The molecule has 4 N–H and O–H groups in total. The van der Waals surface area contributed by atoms with Crippen molar-refractivity contribution in [2.75, 3.05) is 40.4 Å². The van der Waals surface area contributed by atoms with Crippen LogP contribution in [-0.2, 0) is 27.2 Å². The molecule has 6 fully saturated rings. The van der Waals surface area contributed by atoms with Crippen LogP contribution in [0.4, 0.5) is 0 Å². The van der Waals surface area contributed by atoms with E-state index in [1.54, 1.807) is 26.6 Å². The molecule has 0 amide bonds. The topological polar surface area (TPSA) is 166 Å². The van der Waals surface area contributed by atoms with E-state index < -0.39 is 22.6 Å². The number of methoxy groups -OCH3 is 2. The molecule has 2 aromatic heterocycles. The molecule has 1 radical (unpaired) electrons. The Morgan fingerprint density at radius 3 is 1.44 bits per heavy atom. The first-order valence-corrected chi connectivity index (χ1v) is 19.5.